The molecule has 0 aliphatic carbocycles. The summed E-state index contributed by atoms with van der Waals surface area (Å²) < 4.78 is 5.68. The minimum Gasteiger partial charge on any atom is -0.376 e. The van der Waals surface area contributed by atoms with Gasteiger partial charge in [0, 0.05) is 46.3 Å². The van der Waals surface area contributed by atoms with E-state index in [1.165, 1.54) is 6.42 Å². The van der Waals surface area contributed by atoms with E-state index in [-0.39, 0.29) is 0 Å². The third-order valence-corrected chi connectivity index (χ3v) is 3.66. The van der Waals surface area contributed by atoms with Gasteiger partial charge in [-0.05, 0) is 12.8 Å². The van der Waals surface area contributed by atoms with Crippen LogP contribution in [0.1, 0.15) is 19.8 Å². The second kappa shape index (κ2) is 6.95. The molecule has 0 saturated carbocycles. The van der Waals surface area contributed by atoms with Crippen LogP contribution in [0.15, 0.2) is 4.99 Å². The van der Waals surface area contributed by atoms with E-state index in [1.54, 1.807) is 0 Å². The van der Waals surface area contributed by atoms with Crippen molar-refractivity contribution in [3.8, 4) is 0 Å². The Labute approximate surface area is 110 Å². The molecule has 18 heavy (non-hydrogen) atoms. The van der Waals surface area contributed by atoms with Gasteiger partial charge in [-0.15, -0.1) is 0 Å². The lowest BCUT2D eigenvalue weighted by atomic mass is 10.2. The second-order valence-corrected chi connectivity index (χ2v) is 5.11. The first-order chi connectivity index (χ1) is 8.79. The Morgan fingerprint density at radius 3 is 3.11 bits per heavy atom. The van der Waals surface area contributed by atoms with Crippen molar-refractivity contribution in [1.82, 2.24) is 15.1 Å². The second-order valence-electron chi connectivity index (χ2n) is 5.11. The van der Waals surface area contributed by atoms with Crippen molar-refractivity contribution in [2.45, 2.75) is 25.9 Å². The van der Waals surface area contributed by atoms with Crippen LogP contribution in [-0.4, -0.2) is 74.8 Å². The van der Waals surface area contributed by atoms with Gasteiger partial charge in [0.25, 0.3) is 0 Å². The van der Waals surface area contributed by atoms with Gasteiger partial charge in [0.1, 0.15) is 0 Å². The molecule has 0 aromatic rings. The Morgan fingerprint density at radius 2 is 2.33 bits per heavy atom. The molecule has 1 saturated heterocycles. The van der Waals surface area contributed by atoms with Crippen LogP contribution >= 0.6 is 0 Å². The van der Waals surface area contributed by atoms with Crippen LogP contribution in [0, 0.1) is 0 Å². The topological polar surface area (TPSA) is 40.1 Å². The Balaban J connectivity index is 1.67. The molecule has 0 spiro atoms. The van der Waals surface area contributed by atoms with E-state index in [1.807, 2.05) is 0 Å². The first kappa shape index (κ1) is 13.6. The van der Waals surface area contributed by atoms with Crippen molar-refractivity contribution >= 4 is 5.96 Å². The first-order valence-corrected chi connectivity index (χ1v) is 7.13. The summed E-state index contributed by atoms with van der Waals surface area (Å²) in [6.07, 6.45) is 2.70. The molecule has 0 radical (unpaired) electrons. The monoisotopic (exact) mass is 254 g/mol. The number of nitrogens with zero attached hydrogens (tertiary/aromatic N) is 3. The maximum atomic E-state index is 5.68. The van der Waals surface area contributed by atoms with Crippen molar-refractivity contribution in [3.05, 3.63) is 0 Å². The average molecular weight is 254 g/mol. The zero-order valence-corrected chi connectivity index (χ0v) is 11.7. The van der Waals surface area contributed by atoms with Gasteiger partial charge in [-0.1, -0.05) is 6.92 Å². The highest BCUT2D eigenvalue weighted by molar-refractivity contribution is 5.80. The quantitative estimate of drug-likeness (QED) is 0.787. The van der Waals surface area contributed by atoms with Crippen molar-refractivity contribution < 1.29 is 4.74 Å². The number of aliphatic imine (C=N–C) groups is 1. The lowest BCUT2D eigenvalue weighted by molar-refractivity contribution is -0.0288. The summed E-state index contributed by atoms with van der Waals surface area (Å²) in [5, 5.41) is 3.44. The van der Waals surface area contributed by atoms with Crippen molar-refractivity contribution in [2.24, 2.45) is 4.99 Å². The zero-order chi connectivity index (χ0) is 12.8. The molecule has 0 aromatic carbocycles. The molecular formula is C13H26N4O. The van der Waals surface area contributed by atoms with Crippen LogP contribution in [-0.2, 0) is 4.74 Å². The fourth-order valence-electron chi connectivity index (χ4n) is 2.47. The molecular weight excluding hydrogens is 228 g/mol. The molecule has 1 N–H and O–H groups in total. The molecule has 2 rings (SSSR count). The number of guanidine groups is 1. The molecule has 104 valence electrons. The molecule has 0 bridgehead atoms. The third kappa shape index (κ3) is 3.85. The molecule has 0 amide bonds. The predicted molar refractivity (Wildman–Crippen MR) is 74.0 cm³/mol. The SMILES string of the molecule is CCC1CN(CCNC2=NCCCN2C)CCO1. The number of ether oxygens (including phenoxy) is 1. The van der Waals surface area contributed by atoms with Crippen molar-refractivity contribution in [1.29, 1.82) is 0 Å². The lowest BCUT2D eigenvalue weighted by Crippen LogP contribution is -2.48. The Kier molecular flexibility index (Phi) is 5.26. The van der Waals surface area contributed by atoms with Gasteiger partial charge in [0.05, 0.1) is 12.7 Å². The molecule has 1 fully saturated rings. The normalized spacial score (nSPS) is 26.0. The molecule has 1 unspecified atom stereocenters. The molecule has 0 aromatic heterocycles. The van der Waals surface area contributed by atoms with Crippen LogP contribution in [0.5, 0.6) is 0 Å². The Bertz CT molecular complexity index is 282. The van der Waals surface area contributed by atoms with Gasteiger partial charge in [0.15, 0.2) is 5.96 Å². The summed E-state index contributed by atoms with van der Waals surface area (Å²) in [4.78, 5) is 9.20. The summed E-state index contributed by atoms with van der Waals surface area (Å²) in [5.74, 6) is 1.06. The van der Waals surface area contributed by atoms with Gasteiger partial charge in [-0.3, -0.25) is 9.89 Å². The number of hydrogen-bond acceptors (Lipinski definition) is 5. The Hall–Kier alpha value is -0.810. The van der Waals surface area contributed by atoms with Crippen LogP contribution in [0.25, 0.3) is 0 Å². The van der Waals surface area contributed by atoms with Gasteiger partial charge in [-0.2, -0.15) is 0 Å². The molecule has 2 aliphatic rings. The standard InChI is InChI=1S/C13H26N4O/c1-3-12-11-17(9-10-18-12)8-6-15-13-14-5-4-7-16(13)2/h12H,3-11H2,1-2H3,(H,14,15). The summed E-state index contributed by atoms with van der Waals surface area (Å²) in [5.41, 5.74) is 0. The van der Waals surface area contributed by atoms with E-state index in [2.05, 4.69) is 34.1 Å². The summed E-state index contributed by atoms with van der Waals surface area (Å²) >= 11 is 0. The van der Waals surface area contributed by atoms with Crippen LogP contribution in [0.2, 0.25) is 0 Å². The largest absolute Gasteiger partial charge is 0.376 e. The van der Waals surface area contributed by atoms with Crippen molar-refractivity contribution in [2.75, 3.05) is 52.9 Å². The summed E-state index contributed by atoms with van der Waals surface area (Å²) in [7, 11) is 2.10. The first-order valence-electron chi connectivity index (χ1n) is 7.13. The highest BCUT2D eigenvalue weighted by Crippen LogP contribution is 2.07. The number of rotatable bonds is 4. The van der Waals surface area contributed by atoms with Crippen LogP contribution in [0.3, 0.4) is 0 Å². The smallest absolute Gasteiger partial charge is 0.193 e. The summed E-state index contributed by atoms with van der Waals surface area (Å²) in [6.45, 7) is 9.31. The average Bonchev–Trinajstić information content (AvgIpc) is 2.41. The van der Waals surface area contributed by atoms with Crippen LogP contribution in [0.4, 0.5) is 0 Å². The highest BCUT2D eigenvalue weighted by Gasteiger charge is 2.18. The van der Waals surface area contributed by atoms with E-state index >= 15 is 0 Å². The number of nitrogens with one attached hydrogen (secondary N) is 1. The molecule has 2 aliphatic heterocycles. The minimum absolute atomic E-state index is 0.424. The van der Waals surface area contributed by atoms with Crippen LogP contribution < -0.4 is 5.32 Å². The van der Waals surface area contributed by atoms with Crippen molar-refractivity contribution in [3.63, 3.8) is 0 Å². The van der Waals surface area contributed by atoms with E-state index in [9.17, 15) is 0 Å². The van der Waals surface area contributed by atoms with Gasteiger partial charge in [-0.25, -0.2) is 0 Å². The highest BCUT2D eigenvalue weighted by atomic mass is 16.5. The molecule has 5 nitrogen and oxygen atoms in total. The van der Waals surface area contributed by atoms with Gasteiger partial charge >= 0.3 is 0 Å². The number of morpholine rings is 1. The van der Waals surface area contributed by atoms with E-state index in [4.69, 9.17) is 4.74 Å². The maximum absolute atomic E-state index is 5.68. The molecule has 1 atom stereocenters. The maximum Gasteiger partial charge on any atom is 0.193 e. The summed E-state index contributed by atoms with van der Waals surface area (Å²) in [6, 6.07) is 0. The fourth-order valence-corrected chi connectivity index (χ4v) is 2.47. The van der Waals surface area contributed by atoms with E-state index < -0.39 is 0 Å². The molecule has 5 heteroatoms. The lowest BCUT2D eigenvalue weighted by Gasteiger charge is -2.33. The number of hydrogen-bond donors (Lipinski definition) is 1. The van der Waals surface area contributed by atoms with Gasteiger partial charge in [0.2, 0.25) is 0 Å². The van der Waals surface area contributed by atoms with Gasteiger partial charge < -0.3 is 15.0 Å². The minimum atomic E-state index is 0.424. The third-order valence-electron chi connectivity index (χ3n) is 3.66. The predicted octanol–water partition coefficient (Wildman–Crippen LogP) is 0.378. The Morgan fingerprint density at radius 1 is 1.44 bits per heavy atom. The van der Waals surface area contributed by atoms with E-state index in [0.717, 1.165) is 58.3 Å². The zero-order valence-electron chi connectivity index (χ0n) is 11.7. The van der Waals surface area contributed by atoms with E-state index in [0.29, 0.717) is 6.10 Å². The molecule has 2 heterocycles. The fraction of sp³-hybridized carbons (Fsp3) is 0.923.